The summed E-state index contributed by atoms with van der Waals surface area (Å²) in [6, 6.07) is 8.86. The SMILES string of the molecule is O=C(O)CN1CCN(CC(=O)O)CCN(Cc2ccc(COc3ccc(C(F)(F)F)cc3P(=O)(O)O)cc2)CCN(CC(=O)O)CC1. The molecule has 5 N–H and O–H groups in total. The Labute approximate surface area is 268 Å². The summed E-state index contributed by atoms with van der Waals surface area (Å²) in [5.41, 5.74) is 0.199. The molecule has 0 aliphatic carbocycles. The lowest BCUT2D eigenvalue weighted by Gasteiger charge is -2.33. The Kier molecular flexibility index (Phi) is 13.7. The monoisotopic (exact) mass is 690 g/mol. The van der Waals surface area contributed by atoms with Gasteiger partial charge in [0.05, 0.1) is 25.2 Å². The molecule has 1 saturated heterocycles. The molecule has 0 atom stereocenters. The third-order valence-corrected chi connectivity index (χ3v) is 8.41. The predicted molar refractivity (Wildman–Crippen MR) is 161 cm³/mol. The fraction of sp³-hybridized carbons (Fsp3) is 0.483. The van der Waals surface area contributed by atoms with E-state index in [1.165, 1.54) is 0 Å². The number of carboxylic acid groups (broad SMARTS) is 3. The van der Waals surface area contributed by atoms with E-state index in [4.69, 9.17) is 4.74 Å². The van der Waals surface area contributed by atoms with Crippen molar-refractivity contribution in [2.24, 2.45) is 0 Å². The Bertz CT molecular complexity index is 1390. The van der Waals surface area contributed by atoms with Crippen LogP contribution in [0.1, 0.15) is 16.7 Å². The lowest BCUT2D eigenvalue weighted by atomic mass is 10.1. The van der Waals surface area contributed by atoms with Gasteiger partial charge in [0.15, 0.2) is 0 Å². The molecular weight excluding hydrogens is 652 g/mol. The summed E-state index contributed by atoms with van der Waals surface area (Å²) in [5, 5.41) is 27.2. The Morgan fingerprint density at radius 1 is 0.681 bits per heavy atom. The van der Waals surface area contributed by atoms with E-state index in [0.717, 1.165) is 11.6 Å². The average Bonchev–Trinajstić information content (AvgIpc) is 2.96. The van der Waals surface area contributed by atoms with E-state index in [9.17, 15) is 57.2 Å². The average molecular weight is 691 g/mol. The summed E-state index contributed by atoms with van der Waals surface area (Å²) in [5.74, 6) is -3.47. The van der Waals surface area contributed by atoms with Gasteiger partial charge < -0.3 is 29.8 Å². The maximum atomic E-state index is 13.1. The number of nitrogens with zero attached hydrogens (tertiary/aromatic N) is 4. The molecule has 0 aromatic heterocycles. The van der Waals surface area contributed by atoms with Crippen LogP contribution in [0.2, 0.25) is 0 Å². The molecule has 1 fully saturated rings. The summed E-state index contributed by atoms with van der Waals surface area (Å²) >= 11 is 0. The minimum atomic E-state index is -5.08. The summed E-state index contributed by atoms with van der Waals surface area (Å²) in [7, 11) is -5.08. The van der Waals surface area contributed by atoms with Crippen molar-refractivity contribution in [3.05, 3.63) is 59.2 Å². The van der Waals surface area contributed by atoms with Crippen LogP contribution in [-0.4, -0.2) is 135 Å². The predicted octanol–water partition coefficient (Wildman–Crippen LogP) is 1.06. The van der Waals surface area contributed by atoms with Gasteiger partial charge in [-0.1, -0.05) is 24.3 Å². The van der Waals surface area contributed by atoms with Crippen LogP contribution in [-0.2, 0) is 38.3 Å². The number of rotatable bonds is 12. The van der Waals surface area contributed by atoms with Gasteiger partial charge in [-0.2, -0.15) is 13.2 Å². The number of hydrogen-bond acceptors (Lipinski definition) is 9. The molecule has 0 radical (unpaired) electrons. The molecule has 1 aliphatic heterocycles. The van der Waals surface area contributed by atoms with Crippen molar-refractivity contribution in [1.29, 1.82) is 0 Å². The van der Waals surface area contributed by atoms with Crippen molar-refractivity contribution < 1.29 is 62.0 Å². The molecule has 0 saturated carbocycles. The quantitative estimate of drug-likeness (QED) is 0.199. The smallest absolute Gasteiger partial charge is 0.416 e. The van der Waals surface area contributed by atoms with Gasteiger partial charge >= 0.3 is 31.7 Å². The molecule has 2 aromatic carbocycles. The van der Waals surface area contributed by atoms with Gasteiger partial charge in [0, 0.05) is 58.9 Å². The van der Waals surface area contributed by atoms with Crippen LogP contribution in [0.25, 0.3) is 0 Å². The first-order valence-corrected chi connectivity index (χ1v) is 16.1. The number of ether oxygens (including phenoxy) is 1. The van der Waals surface area contributed by atoms with Crippen LogP contribution in [0.5, 0.6) is 5.75 Å². The zero-order chi connectivity index (χ0) is 34.8. The second kappa shape index (κ2) is 17.0. The molecule has 3 rings (SSSR count). The van der Waals surface area contributed by atoms with Crippen molar-refractivity contribution >= 4 is 30.8 Å². The highest BCUT2D eigenvalue weighted by Crippen LogP contribution is 2.40. The van der Waals surface area contributed by atoms with Crippen molar-refractivity contribution in [2.75, 3.05) is 72.0 Å². The number of carboxylic acids is 3. The van der Waals surface area contributed by atoms with E-state index in [1.54, 1.807) is 39.0 Å². The van der Waals surface area contributed by atoms with Crippen LogP contribution < -0.4 is 10.0 Å². The summed E-state index contributed by atoms with van der Waals surface area (Å²) < 4.78 is 56.6. The van der Waals surface area contributed by atoms with Crippen molar-refractivity contribution in [3.8, 4) is 5.75 Å². The minimum Gasteiger partial charge on any atom is -0.488 e. The van der Waals surface area contributed by atoms with Crippen molar-refractivity contribution in [1.82, 2.24) is 19.6 Å². The second-order valence-corrected chi connectivity index (χ2v) is 12.7. The lowest BCUT2D eigenvalue weighted by Crippen LogP contribution is -2.48. The van der Waals surface area contributed by atoms with Gasteiger partial charge in [-0.15, -0.1) is 0 Å². The van der Waals surface area contributed by atoms with Gasteiger partial charge in [-0.25, -0.2) is 0 Å². The zero-order valence-electron chi connectivity index (χ0n) is 25.4. The van der Waals surface area contributed by atoms with Crippen molar-refractivity contribution in [2.45, 2.75) is 19.3 Å². The molecule has 1 aliphatic rings. The van der Waals surface area contributed by atoms with E-state index in [2.05, 4.69) is 0 Å². The lowest BCUT2D eigenvalue weighted by molar-refractivity contribution is -0.140. The molecule has 1 heterocycles. The highest BCUT2D eigenvalue weighted by molar-refractivity contribution is 7.60. The maximum absolute atomic E-state index is 13.1. The molecular formula is C29H38F3N4O10P. The normalized spacial score (nSPS) is 17.0. The Morgan fingerprint density at radius 3 is 1.47 bits per heavy atom. The first-order chi connectivity index (χ1) is 22.0. The fourth-order valence-corrected chi connectivity index (χ4v) is 5.72. The number of benzene rings is 2. The molecule has 0 bridgehead atoms. The van der Waals surface area contributed by atoms with E-state index in [0.29, 0.717) is 63.5 Å². The number of halogens is 3. The molecule has 47 heavy (non-hydrogen) atoms. The van der Waals surface area contributed by atoms with Crippen LogP contribution in [0.15, 0.2) is 42.5 Å². The molecule has 14 nitrogen and oxygen atoms in total. The largest absolute Gasteiger partial charge is 0.488 e. The standard InChI is InChI=1S/C29H38F3N4O10P/c30-29(31,32)23-5-6-24(25(15-23)47(43,44)45)46-20-22-3-1-21(2-4-22)16-33-7-9-34(17-26(37)38)11-13-36(19-28(41)42)14-12-35(10-8-33)18-27(39)40/h1-6,15H,7-14,16-20H2,(H,37,38)(H,39,40)(H,41,42)(H2,43,44,45). The Hall–Kier alpha value is -3.57. The minimum absolute atomic E-state index is 0.185. The van der Waals surface area contributed by atoms with Gasteiger partial charge in [0.25, 0.3) is 0 Å². The topological polar surface area (TPSA) is 192 Å². The fourth-order valence-electron chi connectivity index (χ4n) is 4.99. The van der Waals surface area contributed by atoms with Crippen LogP contribution in [0, 0.1) is 0 Å². The maximum Gasteiger partial charge on any atom is 0.416 e. The first-order valence-electron chi connectivity index (χ1n) is 14.5. The molecule has 0 spiro atoms. The summed E-state index contributed by atoms with van der Waals surface area (Å²) in [6.07, 6.45) is -4.80. The third-order valence-electron chi connectivity index (χ3n) is 7.43. The third kappa shape index (κ3) is 13.2. The number of aliphatic carboxylic acids is 3. The van der Waals surface area contributed by atoms with E-state index < -0.39 is 42.5 Å². The Balaban J connectivity index is 1.72. The van der Waals surface area contributed by atoms with Crippen LogP contribution in [0.4, 0.5) is 13.2 Å². The summed E-state index contributed by atoms with van der Waals surface area (Å²) in [6.45, 7) is 2.21. The van der Waals surface area contributed by atoms with E-state index in [-0.39, 0.29) is 45.1 Å². The number of alkyl halides is 3. The van der Waals surface area contributed by atoms with Gasteiger partial charge in [-0.3, -0.25) is 38.5 Å². The summed E-state index contributed by atoms with van der Waals surface area (Å²) in [4.78, 5) is 60.6. The van der Waals surface area contributed by atoms with Crippen molar-refractivity contribution in [3.63, 3.8) is 0 Å². The zero-order valence-corrected chi connectivity index (χ0v) is 26.3. The molecule has 0 amide bonds. The van der Waals surface area contributed by atoms with Crippen LogP contribution in [0.3, 0.4) is 0 Å². The number of carbonyl (C=O) groups is 3. The molecule has 2 aromatic rings. The highest BCUT2D eigenvalue weighted by Gasteiger charge is 2.34. The van der Waals surface area contributed by atoms with E-state index >= 15 is 0 Å². The highest BCUT2D eigenvalue weighted by atomic mass is 31.2. The van der Waals surface area contributed by atoms with Gasteiger partial charge in [0.1, 0.15) is 17.7 Å². The van der Waals surface area contributed by atoms with Crippen LogP contribution >= 0.6 is 7.60 Å². The molecule has 18 heteroatoms. The Morgan fingerprint density at radius 2 is 1.09 bits per heavy atom. The first kappa shape index (κ1) is 37.9. The second-order valence-electron chi connectivity index (χ2n) is 11.1. The van der Waals surface area contributed by atoms with Gasteiger partial charge in [0.2, 0.25) is 0 Å². The van der Waals surface area contributed by atoms with Gasteiger partial charge in [-0.05, 0) is 29.3 Å². The molecule has 260 valence electrons. The number of hydrogen-bond donors (Lipinski definition) is 5. The molecule has 0 unspecified atom stereocenters. The van der Waals surface area contributed by atoms with E-state index in [1.807, 2.05) is 4.90 Å².